The molecule has 4 heteroatoms. The van der Waals surface area contributed by atoms with E-state index in [0.29, 0.717) is 10.8 Å². The molecule has 0 radical (unpaired) electrons. The van der Waals surface area contributed by atoms with Gasteiger partial charge in [0.05, 0.1) is 10.6 Å². The maximum atomic E-state index is 12.4. The van der Waals surface area contributed by atoms with Gasteiger partial charge in [0.2, 0.25) is 0 Å². The molecule has 2 rings (SSSR count). The fourth-order valence-electron chi connectivity index (χ4n) is 2.76. The highest BCUT2D eigenvalue weighted by atomic mass is 32.2. The van der Waals surface area contributed by atoms with Crippen LogP contribution in [0.4, 0.5) is 0 Å². The lowest BCUT2D eigenvalue weighted by molar-refractivity contribution is 0.492. The molecular weight excluding hydrogens is 270 g/mol. The Bertz CT molecular complexity index is 564. The first-order chi connectivity index (χ1) is 9.45. The van der Waals surface area contributed by atoms with Gasteiger partial charge in [-0.2, -0.15) is 0 Å². The fourth-order valence-corrected chi connectivity index (χ4v) is 4.36. The van der Waals surface area contributed by atoms with E-state index in [1.54, 1.807) is 0 Å². The SMILES string of the molecule is CCCNC1CCCS(=O)(=O)c2ccc(C(C)C)cc21. The minimum Gasteiger partial charge on any atom is -0.310 e. The zero-order valence-electron chi connectivity index (χ0n) is 12.6. The molecule has 0 amide bonds. The van der Waals surface area contributed by atoms with Crippen LogP contribution in [-0.4, -0.2) is 20.7 Å². The zero-order chi connectivity index (χ0) is 14.8. The second-order valence-corrected chi connectivity index (χ2v) is 8.00. The number of rotatable bonds is 4. The predicted molar refractivity (Wildman–Crippen MR) is 82.9 cm³/mol. The summed E-state index contributed by atoms with van der Waals surface area (Å²) in [4.78, 5) is 0.535. The molecule has 112 valence electrons. The summed E-state index contributed by atoms with van der Waals surface area (Å²) in [5.41, 5.74) is 2.19. The standard InChI is InChI=1S/C16H25NO2S/c1-4-9-17-15-6-5-10-20(18,19)16-8-7-13(12(2)3)11-14(15)16/h7-8,11-12,15,17H,4-6,9-10H2,1-3H3. The maximum absolute atomic E-state index is 12.4. The first-order valence-electron chi connectivity index (χ1n) is 7.55. The van der Waals surface area contributed by atoms with E-state index >= 15 is 0 Å². The molecule has 1 atom stereocenters. The molecular formula is C16H25NO2S. The number of hydrogen-bond donors (Lipinski definition) is 1. The Hall–Kier alpha value is -0.870. The molecule has 1 aromatic carbocycles. The van der Waals surface area contributed by atoms with Crippen molar-refractivity contribution in [3.8, 4) is 0 Å². The monoisotopic (exact) mass is 295 g/mol. The second kappa shape index (κ2) is 6.27. The zero-order valence-corrected chi connectivity index (χ0v) is 13.5. The Labute approximate surface area is 122 Å². The van der Waals surface area contributed by atoms with Crippen LogP contribution >= 0.6 is 0 Å². The molecule has 0 bridgehead atoms. The highest BCUT2D eigenvalue weighted by Gasteiger charge is 2.27. The van der Waals surface area contributed by atoms with Gasteiger partial charge < -0.3 is 5.32 Å². The van der Waals surface area contributed by atoms with E-state index in [1.165, 1.54) is 5.56 Å². The van der Waals surface area contributed by atoms with Crippen LogP contribution in [0.2, 0.25) is 0 Å². The third-order valence-corrected chi connectivity index (χ3v) is 5.83. The predicted octanol–water partition coefficient (Wildman–Crippen LogP) is 3.42. The van der Waals surface area contributed by atoms with Crippen molar-refractivity contribution in [2.45, 2.75) is 56.9 Å². The van der Waals surface area contributed by atoms with Gasteiger partial charge in [0, 0.05) is 6.04 Å². The van der Waals surface area contributed by atoms with Crippen LogP contribution in [0.15, 0.2) is 23.1 Å². The van der Waals surface area contributed by atoms with Gasteiger partial charge in [-0.3, -0.25) is 0 Å². The number of hydrogen-bond acceptors (Lipinski definition) is 3. The van der Waals surface area contributed by atoms with Crippen LogP contribution in [0.3, 0.4) is 0 Å². The summed E-state index contributed by atoms with van der Waals surface area (Å²) >= 11 is 0. The average Bonchev–Trinajstić information content (AvgIpc) is 2.53. The van der Waals surface area contributed by atoms with E-state index in [1.807, 2.05) is 12.1 Å². The van der Waals surface area contributed by atoms with Crippen molar-refractivity contribution >= 4 is 9.84 Å². The van der Waals surface area contributed by atoms with Crippen molar-refractivity contribution < 1.29 is 8.42 Å². The largest absolute Gasteiger partial charge is 0.310 e. The molecule has 1 aliphatic heterocycles. The molecule has 0 aliphatic carbocycles. The van der Waals surface area contributed by atoms with Crippen molar-refractivity contribution in [1.82, 2.24) is 5.32 Å². The maximum Gasteiger partial charge on any atom is 0.178 e. The topological polar surface area (TPSA) is 46.2 Å². The van der Waals surface area contributed by atoms with E-state index in [4.69, 9.17) is 0 Å². The van der Waals surface area contributed by atoms with E-state index in [0.717, 1.165) is 31.4 Å². The van der Waals surface area contributed by atoms with Gasteiger partial charge in [-0.1, -0.05) is 32.9 Å². The molecule has 1 heterocycles. The quantitative estimate of drug-likeness (QED) is 0.926. The Balaban J connectivity index is 2.49. The molecule has 0 saturated heterocycles. The first-order valence-corrected chi connectivity index (χ1v) is 9.21. The normalized spacial score (nSPS) is 21.5. The Kier molecular flexibility index (Phi) is 4.86. The lowest BCUT2D eigenvalue weighted by atomic mass is 9.95. The Morgan fingerprint density at radius 3 is 2.75 bits per heavy atom. The summed E-state index contributed by atoms with van der Waals surface area (Å²) in [6, 6.07) is 6.03. The van der Waals surface area contributed by atoms with Gasteiger partial charge in [0.15, 0.2) is 9.84 Å². The highest BCUT2D eigenvalue weighted by molar-refractivity contribution is 7.91. The molecule has 1 aromatic rings. The Morgan fingerprint density at radius 1 is 1.35 bits per heavy atom. The number of sulfone groups is 1. The van der Waals surface area contributed by atoms with Crippen molar-refractivity contribution in [1.29, 1.82) is 0 Å². The van der Waals surface area contributed by atoms with Crippen LogP contribution in [0.25, 0.3) is 0 Å². The lowest BCUT2D eigenvalue weighted by Gasteiger charge is -2.20. The molecule has 1 aliphatic rings. The third-order valence-electron chi connectivity index (χ3n) is 3.96. The number of benzene rings is 1. The van der Waals surface area contributed by atoms with Crippen LogP contribution in [0.5, 0.6) is 0 Å². The first kappa shape index (κ1) is 15.5. The summed E-state index contributed by atoms with van der Waals surface area (Å²) in [5.74, 6) is 0.684. The fraction of sp³-hybridized carbons (Fsp3) is 0.625. The summed E-state index contributed by atoms with van der Waals surface area (Å²) in [6.45, 7) is 7.34. The molecule has 0 aromatic heterocycles. The van der Waals surface area contributed by atoms with Gasteiger partial charge in [0.1, 0.15) is 0 Å². The average molecular weight is 295 g/mol. The molecule has 1 N–H and O–H groups in total. The van der Waals surface area contributed by atoms with Crippen molar-refractivity contribution in [2.24, 2.45) is 0 Å². The molecule has 3 nitrogen and oxygen atoms in total. The number of fused-ring (bicyclic) bond motifs is 1. The lowest BCUT2D eigenvalue weighted by Crippen LogP contribution is -2.22. The van der Waals surface area contributed by atoms with E-state index < -0.39 is 9.84 Å². The van der Waals surface area contributed by atoms with Gasteiger partial charge >= 0.3 is 0 Å². The van der Waals surface area contributed by atoms with Crippen LogP contribution in [0, 0.1) is 0 Å². The summed E-state index contributed by atoms with van der Waals surface area (Å²) in [5, 5.41) is 3.51. The van der Waals surface area contributed by atoms with E-state index in [9.17, 15) is 8.42 Å². The molecule has 0 saturated carbocycles. The van der Waals surface area contributed by atoms with Crippen molar-refractivity contribution in [3.63, 3.8) is 0 Å². The van der Waals surface area contributed by atoms with Crippen LogP contribution < -0.4 is 5.32 Å². The minimum absolute atomic E-state index is 0.168. The van der Waals surface area contributed by atoms with Crippen LogP contribution in [-0.2, 0) is 9.84 Å². The minimum atomic E-state index is -3.12. The van der Waals surface area contributed by atoms with E-state index in [-0.39, 0.29) is 11.8 Å². The number of nitrogens with one attached hydrogen (secondary N) is 1. The molecule has 20 heavy (non-hydrogen) atoms. The summed E-state index contributed by atoms with van der Waals surface area (Å²) in [6.07, 6.45) is 2.69. The molecule has 0 fully saturated rings. The summed E-state index contributed by atoms with van der Waals surface area (Å²) in [7, 11) is -3.12. The van der Waals surface area contributed by atoms with E-state index in [2.05, 4.69) is 32.2 Å². The van der Waals surface area contributed by atoms with Crippen LogP contribution in [0.1, 0.15) is 63.1 Å². The van der Waals surface area contributed by atoms with Crippen molar-refractivity contribution in [2.75, 3.05) is 12.3 Å². The highest BCUT2D eigenvalue weighted by Crippen LogP contribution is 2.33. The van der Waals surface area contributed by atoms with Crippen molar-refractivity contribution in [3.05, 3.63) is 29.3 Å². The molecule has 1 unspecified atom stereocenters. The summed E-state index contributed by atoms with van der Waals surface area (Å²) < 4.78 is 24.7. The smallest absolute Gasteiger partial charge is 0.178 e. The third kappa shape index (κ3) is 3.23. The van der Waals surface area contributed by atoms with Gasteiger partial charge in [-0.15, -0.1) is 0 Å². The molecule has 0 spiro atoms. The Morgan fingerprint density at radius 2 is 2.10 bits per heavy atom. The van der Waals surface area contributed by atoms with Gasteiger partial charge in [-0.25, -0.2) is 8.42 Å². The van der Waals surface area contributed by atoms with Gasteiger partial charge in [0.25, 0.3) is 0 Å². The van der Waals surface area contributed by atoms with Gasteiger partial charge in [-0.05, 0) is 48.9 Å². The second-order valence-electron chi connectivity index (χ2n) is 5.92.